The summed E-state index contributed by atoms with van der Waals surface area (Å²) in [6.07, 6.45) is 1.72. The number of aryl methyl sites for hydroxylation is 1. The highest BCUT2D eigenvalue weighted by Crippen LogP contribution is 2.18. The summed E-state index contributed by atoms with van der Waals surface area (Å²) in [5, 5.41) is 3.29. The molecule has 1 heterocycles. The number of benzene rings is 1. The number of carbonyl (C=O) groups is 1. The molecule has 1 N–H and O–H groups in total. The van der Waals surface area contributed by atoms with E-state index in [-0.39, 0.29) is 12.0 Å². The zero-order valence-corrected chi connectivity index (χ0v) is 11.3. The van der Waals surface area contributed by atoms with Crippen molar-refractivity contribution in [1.82, 2.24) is 5.32 Å². The molecule has 0 amide bonds. The third kappa shape index (κ3) is 3.33. The van der Waals surface area contributed by atoms with Crippen molar-refractivity contribution in [2.75, 3.05) is 0 Å². The van der Waals surface area contributed by atoms with Crippen LogP contribution in [-0.4, -0.2) is 17.6 Å². The summed E-state index contributed by atoms with van der Waals surface area (Å²) in [6, 6.07) is 8.13. The molecule has 1 unspecified atom stereocenters. The lowest BCUT2D eigenvalue weighted by Crippen LogP contribution is -2.40. The second kappa shape index (κ2) is 5.11. The molecule has 1 aliphatic heterocycles. The second-order valence-electron chi connectivity index (χ2n) is 5.77. The molecule has 2 rings (SSSR count). The number of rotatable bonds is 1. The fourth-order valence-electron chi connectivity index (χ4n) is 2.18. The molecule has 1 aliphatic rings. The Hall–Kier alpha value is -1.35. The number of nitrogens with one attached hydrogen (secondary N) is 1. The molecule has 0 spiro atoms. The highest BCUT2D eigenvalue weighted by atomic mass is 16.6. The van der Waals surface area contributed by atoms with E-state index in [1.807, 2.05) is 32.9 Å². The average Bonchev–Trinajstić information content (AvgIpc) is 2.49. The minimum atomic E-state index is -0.419. The van der Waals surface area contributed by atoms with Crippen molar-refractivity contribution in [2.24, 2.45) is 0 Å². The number of hydrogen-bond acceptors (Lipinski definition) is 3. The molecule has 0 fully saturated rings. The lowest BCUT2D eigenvalue weighted by atomic mass is 10.0. The van der Waals surface area contributed by atoms with Crippen LogP contribution in [-0.2, 0) is 22.5 Å². The van der Waals surface area contributed by atoms with Gasteiger partial charge in [-0.2, -0.15) is 0 Å². The first kappa shape index (κ1) is 13.1. The van der Waals surface area contributed by atoms with Crippen LogP contribution in [0.4, 0.5) is 0 Å². The maximum atomic E-state index is 12.0. The van der Waals surface area contributed by atoms with Crippen LogP contribution in [0.15, 0.2) is 24.3 Å². The molecule has 18 heavy (non-hydrogen) atoms. The smallest absolute Gasteiger partial charge is 0.323 e. The van der Waals surface area contributed by atoms with Gasteiger partial charge < -0.3 is 10.1 Å². The van der Waals surface area contributed by atoms with Gasteiger partial charge >= 0.3 is 5.97 Å². The van der Waals surface area contributed by atoms with Crippen LogP contribution in [0.2, 0.25) is 0 Å². The minimum Gasteiger partial charge on any atom is -0.459 e. The van der Waals surface area contributed by atoms with E-state index in [9.17, 15) is 4.79 Å². The van der Waals surface area contributed by atoms with E-state index < -0.39 is 5.60 Å². The van der Waals surface area contributed by atoms with Gasteiger partial charge in [-0.05, 0) is 44.7 Å². The van der Waals surface area contributed by atoms with Crippen molar-refractivity contribution in [3.63, 3.8) is 0 Å². The van der Waals surface area contributed by atoms with E-state index in [2.05, 4.69) is 17.4 Å². The van der Waals surface area contributed by atoms with Crippen molar-refractivity contribution in [1.29, 1.82) is 0 Å². The molecule has 0 aliphatic carbocycles. The Morgan fingerprint density at radius 3 is 2.61 bits per heavy atom. The van der Waals surface area contributed by atoms with E-state index >= 15 is 0 Å². The van der Waals surface area contributed by atoms with Crippen LogP contribution < -0.4 is 5.32 Å². The Morgan fingerprint density at radius 1 is 1.28 bits per heavy atom. The summed E-state index contributed by atoms with van der Waals surface area (Å²) in [4.78, 5) is 12.0. The number of ether oxygens (including phenoxy) is 1. The third-order valence-electron chi connectivity index (χ3n) is 3.05. The minimum absolute atomic E-state index is 0.143. The first-order valence-corrected chi connectivity index (χ1v) is 6.49. The molecule has 0 radical (unpaired) electrons. The van der Waals surface area contributed by atoms with Gasteiger partial charge in [-0.3, -0.25) is 4.79 Å². The monoisotopic (exact) mass is 247 g/mol. The van der Waals surface area contributed by atoms with E-state index in [1.54, 1.807) is 0 Å². The first-order chi connectivity index (χ1) is 8.46. The summed E-state index contributed by atoms with van der Waals surface area (Å²) in [5.74, 6) is -0.143. The fourth-order valence-corrected chi connectivity index (χ4v) is 2.18. The Kier molecular flexibility index (Phi) is 3.71. The molecule has 0 aromatic heterocycles. The Labute approximate surface area is 109 Å². The SMILES string of the molecule is CC(C)(C)OC(=O)C1CCc2ccccc2CN1. The van der Waals surface area contributed by atoms with Gasteiger partial charge in [0.2, 0.25) is 0 Å². The van der Waals surface area contributed by atoms with Crippen LogP contribution in [0.1, 0.15) is 38.3 Å². The summed E-state index contributed by atoms with van der Waals surface area (Å²) >= 11 is 0. The molecule has 3 heteroatoms. The molecule has 0 bridgehead atoms. The summed E-state index contributed by atoms with van der Waals surface area (Å²) in [7, 11) is 0. The maximum Gasteiger partial charge on any atom is 0.323 e. The normalized spacial score (nSPS) is 19.8. The van der Waals surface area contributed by atoms with Crippen LogP contribution in [0.3, 0.4) is 0 Å². The molecule has 3 nitrogen and oxygen atoms in total. The van der Waals surface area contributed by atoms with Crippen LogP contribution in [0.5, 0.6) is 0 Å². The van der Waals surface area contributed by atoms with Crippen molar-refractivity contribution >= 4 is 5.97 Å². The molecule has 1 atom stereocenters. The topological polar surface area (TPSA) is 38.3 Å². The van der Waals surface area contributed by atoms with Gasteiger partial charge in [0, 0.05) is 6.54 Å². The van der Waals surface area contributed by atoms with Crippen LogP contribution >= 0.6 is 0 Å². The Balaban J connectivity index is 2.02. The van der Waals surface area contributed by atoms with Gasteiger partial charge in [0.1, 0.15) is 11.6 Å². The van der Waals surface area contributed by atoms with E-state index in [1.165, 1.54) is 11.1 Å². The Morgan fingerprint density at radius 2 is 1.94 bits per heavy atom. The van der Waals surface area contributed by atoms with Gasteiger partial charge in [-0.25, -0.2) is 0 Å². The first-order valence-electron chi connectivity index (χ1n) is 6.49. The number of hydrogen-bond donors (Lipinski definition) is 1. The zero-order chi connectivity index (χ0) is 13.2. The lowest BCUT2D eigenvalue weighted by molar-refractivity contribution is -0.157. The lowest BCUT2D eigenvalue weighted by Gasteiger charge is -2.23. The van der Waals surface area contributed by atoms with Crippen LogP contribution in [0, 0.1) is 0 Å². The number of fused-ring (bicyclic) bond motifs is 1. The second-order valence-corrected chi connectivity index (χ2v) is 5.77. The quantitative estimate of drug-likeness (QED) is 0.775. The third-order valence-corrected chi connectivity index (χ3v) is 3.05. The predicted octanol–water partition coefficient (Wildman–Crippen LogP) is 2.43. The molecule has 1 aromatic carbocycles. The molecule has 1 aromatic rings. The number of esters is 1. The molecule has 98 valence electrons. The van der Waals surface area contributed by atoms with Gasteiger partial charge in [-0.1, -0.05) is 24.3 Å². The largest absolute Gasteiger partial charge is 0.459 e. The maximum absolute atomic E-state index is 12.0. The van der Waals surface area contributed by atoms with E-state index in [0.29, 0.717) is 0 Å². The summed E-state index contributed by atoms with van der Waals surface area (Å²) in [6.45, 7) is 6.43. The molecular formula is C15H21NO2. The standard InChI is InChI=1S/C15H21NO2/c1-15(2,3)18-14(17)13-9-8-11-6-4-5-7-12(11)10-16-13/h4-7,13,16H,8-10H2,1-3H3. The van der Waals surface area contributed by atoms with Gasteiger partial charge in [0.15, 0.2) is 0 Å². The van der Waals surface area contributed by atoms with Crippen molar-refractivity contribution in [3.8, 4) is 0 Å². The zero-order valence-electron chi connectivity index (χ0n) is 11.3. The van der Waals surface area contributed by atoms with E-state index in [0.717, 1.165) is 19.4 Å². The molecular weight excluding hydrogens is 226 g/mol. The molecule has 0 saturated carbocycles. The van der Waals surface area contributed by atoms with E-state index in [4.69, 9.17) is 4.74 Å². The highest BCUT2D eigenvalue weighted by molar-refractivity contribution is 5.76. The predicted molar refractivity (Wildman–Crippen MR) is 71.2 cm³/mol. The van der Waals surface area contributed by atoms with Crippen molar-refractivity contribution in [3.05, 3.63) is 35.4 Å². The summed E-state index contributed by atoms with van der Waals surface area (Å²) < 4.78 is 5.43. The molecule has 0 saturated heterocycles. The van der Waals surface area contributed by atoms with Crippen molar-refractivity contribution in [2.45, 2.75) is 51.8 Å². The summed E-state index contributed by atoms with van der Waals surface area (Å²) in [5.41, 5.74) is 2.19. The van der Waals surface area contributed by atoms with Gasteiger partial charge in [0.05, 0.1) is 0 Å². The van der Waals surface area contributed by atoms with Gasteiger partial charge in [-0.15, -0.1) is 0 Å². The average molecular weight is 247 g/mol. The Bertz CT molecular complexity index is 407. The van der Waals surface area contributed by atoms with Crippen molar-refractivity contribution < 1.29 is 9.53 Å². The van der Waals surface area contributed by atoms with Gasteiger partial charge in [0.25, 0.3) is 0 Å². The van der Waals surface area contributed by atoms with Crippen LogP contribution in [0.25, 0.3) is 0 Å². The highest BCUT2D eigenvalue weighted by Gasteiger charge is 2.26. The number of carbonyl (C=O) groups excluding carboxylic acids is 1. The fraction of sp³-hybridized carbons (Fsp3) is 0.533.